The molecule has 0 radical (unpaired) electrons. The van der Waals surface area contributed by atoms with Crippen LogP contribution >= 0.6 is 11.3 Å². The largest absolute Gasteiger partial charge is 0.348 e. The van der Waals surface area contributed by atoms with E-state index in [2.05, 4.69) is 31.0 Å². The third-order valence-electron chi connectivity index (χ3n) is 3.89. The number of thiophene rings is 1. The maximum Gasteiger partial charge on any atom is 0.261 e. The average molecular weight is 290 g/mol. The Balaban J connectivity index is 1.96. The Labute approximate surface area is 124 Å². The first-order valence-corrected chi connectivity index (χ1v) is 8.01. The number of hydrogen-bond donors (Lipinski definition) is 2. The van der Waals surface area contributed by atoms with Crippen molar-refractivity contribution in [3.05, 3.63) is 21.9 Å². The second-order valence-corrected chi connectivity index (χ2v) is 6.73. The predicted octanol–water partition coefficient (Wildman–Crippen LogP) is 2.61. The zero-order valence-corrected chi connectivity index (χ0v) is 12.9. The van der Waals surface area contributed by atoms with E-state index < -0.39 is 0 Å². The fraction of sp³-hybridized carbons (Fsp3) is 0.562. The molecular formula is C16H22N2OS. The number of rotatable bonds is 2. The van der Waals surface area contributed by atoms with Crippen molar-refractivity contribution in [2.45, 2.75) is 39.2 Å². The minimum atomic E-state index is 0.0298. The molecule has 4 heteroatoms. The van der Waals surface area contributed by atoms with Crippen LogP contribution < -0.4 is 11.1 Å². The van der Waals surface area contributed by atoms with Gasteiger partial charge in [0.15, 0.2) is 0 Å². The van der Waals surface area contributed by atoms with Crippen LogP contribution in [-0.4, -0.2) is 18.5 Å². The summed E-state index contributed by atoms with van der Waals surface area (Å²) in [7, 11) is 0. The van der Waals surface area contributed by atoms with Gasteiger partial charge in [0.05, 0.1) is 16.3 Å². The lowest BCUT2D eigenvalue weighted by molar-refractivity contribution is 0.0904. The first kappa shape index (κ1) is 15.1. The Hall–Kier alpha value is -1.31. The van der Waals surface area contributed by atoms with Gasteiger partial charge in [0.1, 0.15) is 0 Å². The Bertz CT molecular complexity index is 526. The molecule has 1 heterocycles. The van der Waals surface area contributed by atoms with Crippen LogP contribution in [0.5, 0.6) is 0 Å². The molecule has 2 rings (SSSR count). The SMILES string of the molecule is CC1CCC(NC(=O)c2ccc(C#CCN)s2)C(C)C1. The first-order valence-electron chi connectivity index (χ1n) is 7.19. The second kappa shape index (κ2) is 6.92. The molecule has 0 saturated heterocycles. The highest BCUT2D eigenvalue weighted by Crippen LogP contribution is 2.29. The lowest BCUT2D eigenvalue weighted by atomic mass is 9.80. The monoisotopic (exact) mass is 290 g/mol. The highest BCUT2D eigenvalue weighted by Gasteiger charge is 2.27. The molecule has 20 heavy (non-hydrogen) atoms. The van der Waals surface area contributed by atoms with Gasteiger partial charge in [0, 0.05) is 6.04 Å². The molecule has 0 aromatic carbocycles. The number of amides is 1. The second-order valence-electron chi connectivity index (χ2n) is 5.65. The fourth-order valence-electron chi connectivity index (χ4n) is 2.78. The van der Waals surface area contributed by atoms with Crippen molar-refractivity contribution in [1.82, 2.24) is 5.32 Å². The van der Waals surface area contributed by atoms with Crippen LogP contribution in [0.2, 0.25) is 0 Å². The zero-order chi connectivity index (χ0) is 14.5. The molecule has 1 fully saturated rings. The van der Waals surface area contributed by atoms with Crippen LogP contribution in [0.4, 0.5) is 0 Å². The highest BCUT2D eigenvalue weighted by molar-refractivity contribution is 7.14. The van der Waals surface area contributed by atoms with Gasteiger partial charge in [-0.1, -0.05) is 25.7 Å². The van der Waals surface area contributed by atoms with E-state index in [1.54, 1.807) is 0 Å². The summed E-state index contributed by atoms with van der Waals surface area (Å²) in [5.74, 6) is 7.13. The van der Waals surface area contributed by atoms with Crippen LogP contribution in [-0.2, 0) is 0 Å². The van der Waals surface area contributed by atoms with Crippen molar-refractivity contribution >= 4 is 17.2 Å². The topological polar surface area (TPSA) is 55.1 Å². The first-order chi connectivity index (χ1) is 9.60. The molecule has 3 nitrogen and oxygen atoms in total. The summed E-state index contributed by atoms with van der Waals surface area (Å²) in [5.41, 5.74) is 5.34. The van der Waals surface area contributed by atoms with Gasteiger partial charge in [-0.05, 0) is 43.2 Å². The van der Waals surface area contributed by atoms with Crippen molar-refractivity contribution in [3.63, 3.8) is 0 Å². The van der Waals surface area contributed by atoms with Gasteiger partial charge in [-0.3, -0.25) is 4.79 Å². The van der Waals surface area contributed by atoms with E-state index in [4.69, 9.17) is 5.73 Å². The number of carbonyl (C=O) groups is 1. The molecule has 108 valence electrons. The number of carbonyl (C=O) groups excluding carboxylic acids is 1. The third-order valence-corrected chi connectivity index (χ3v) is 4.89. The molecule has 1 aromatic rings. The maximum atomic E-state index is 12.3. The van der Waals surface area contributed by atoms with Crippen molar-refractivity contribution < 1.29 is 4.79 Å². The van der Waals surface area contributed by atoms with Crippen molar-refractivity contribution in [1.29, 1.82) is 0 Å². The smallest absolute Gasteiger partial charge is 0.261 e. The van der Waals surface area contributed by atoms with Gasteiger partial charge in [-0.15, -0.1) is 11.3 Å². The molecule has 0 spiro atoms. The molecule has 3 atom stereocenters. The van der Waals surface area contributed by atoms with Crippen LogP contribution in [0.15, 0.2) is 12.1 Å². The van der Waals surface area contributed by atoms with Gasteiger partial charge in [-0.2, -0.15) is 0 Å². The Morgan fingerprint density at radius 1 is 1.45 bits per heavy atom. The number of nitrogens with two attached hydrogens (primary N) is 1. The normalized spacial score (nSPS) is 25.6. The van der Waals surface area contributed by atoms with Crippen LogP contribution in [0.3, 0.4) is 0 Å². The lowest BCUT2D eigenvalue weighted by Gasteiger charge is -2.33. The van der Waals surface area contributed by atoms with Crippen molar-refractivity contribution in [3.8, 4) is 11.8 Å². The zero-order valence-electron chi connectivity index (χ0n) is 12.1. The van der Waals surface area contributed by atoms with Crippen LogP contribution in [0.25, 0.3) is 0 Å². The number of nitrogens with one attached hydrogen (secondary N) is 1. The molecule has 3 unspecified atom stereocenters. The molecule has 0 bridgehead atoms. The Morgan fingerprint density at radius 3 is 2.95 bits per heavy atom. The fourth-order valence-corrected chi connectivity index (χ4v) is 3.57. The van der Waals surface area contributed by atoms with E-state index >= 15 is 0 Å². The summed E-state index contributed by atoms with van der Waals surface area (Å²) in [6.45, 7) is 4.86. The average Bonchev–Trinajstić information content (AvgIpc) is 2.88. The quantitative estimate of drug-likeness (QED) is 0.823. The predicted molar refractivity (Wildman–Crippen MR) is 83.7 cm³/mol. The van der Waals surface area contributed by atoms with Gasteiger partial charge in [-0.25, -0.2) is 0 Å². The summed E-state index contributed by atoms with van der Waals surface area (Å²) in [4.78, 5) is 13.9. The summed E-state index contributed by atoms with van der Waals surface area (Å²) >= 11 is 1.43. The van der Waals surface area contributed by atoms with E-state index in [0.29, 0.717) is 18.5 Å². The Kier molecular flexibility index (Phi) is 5.22. The summed E-state index contributed by atoms with van der Waals surface area (Å²) in [5, 5.41) is 3.17. The van der Waals surface area contributed by atoms with E-state index in [1.807, 2.05) is 12.1 Å². The highest BCUT2D eigenvalue weighted by atomic mass is 32.1. The minimum absolute atomic E-state index is 0.0298. The molecule has 1 aliphatic carbocycles. The summed E-state index contributed by atoms with van der Waals surface area (Å²) < 4.78 is 0. The molecule has 1 saturated carbocycles. The van der Waals surface area contributed by atoms with Gasteiger partial charge < -0.3 is 11.1 Å². The minimum Gasteiger partial charge on any atom is -0.348 e. The van der Waals surface area contributed by atoms with Crippen LogP contribution in [0, 0.1) is 23.7 Å². The standard InChI is InChI=1S/C16H22N2OS/c1-11-5-7-14(12(2)10-11)18-16(19)15-8-6-13(20-15)4-3-9-17/h6,8,11-12,14H,5,7,9-10,17H2,1-2H3,(H,18,19). The lowest BCUT2D eigenvalue weighted by Crippen LogP contribution is -2.42. The molecular weight excluding hydrogens is 268 g/mol. The Morgan fingerprint density at radius 2 is 2.25 bits per heavy atom. The van der Waals surface area contributed by atoms with E-state index in [0.717, 1.165) is 22.1 Å². The van der Waals surface area contributed by atoms with Crippen molar-refractivity contribution in [2.75, 3.05) is 6.54 Å². The van der Waals surface area contributed by atoms with E-state index in [1.165, 1.54) is 24.2 Å². The third kappa shape index (κ3) is 3.84. The molecule has 0 aliphatic heterocycles. The maximum absolute atomic E-state index is 12.3. The van der Waals surface area contributed by atoms with Crippen LogP contribution in [0.1, 0.15) is 47.7 Å². The summed E-state index contributed by atoms with van der Waals surface area (Å²) in [6, 6.07) is 4.03. The molecule has 3 N–H and O–H groups in total. The molecule has 1 amide bonds. The van der Waals surface area contributed by atoms with E-state index in [-0.39, 0.29) is 5.91 Å². The molecule has 1 aliphatic rings. The number of hydrogen-bond acceptors (Lipinski definition) is 3. The van der Waals surface area contributed by atoms with Gasteiger partial charge in [0.25, 0.3) is 5.91 Å². The van der Waals surface area contributed by atoms with Gasteiger partial charge >= 0.3 is 0 Å². The van der Waals surface area contributed by atoms with E-state index in [9.17, 15) is 4.79 Å². The van der Waals surface area contributed by atoms with Gasteiger partial charge in [0.2, 0.25) is 0 Å². The molecule has 1 aromatic heterocycles. The van der Waals surface area contributed by atoms with Crippen molar-refractivity contribution in [2.24, 2.45) is 17.6 Å². The summed E-state index contributed by atoms with van der Waals surface area (Å²) in [6.07, 6.45) is 3.48.